The Morgan fingerprint density at radius 1 is 1.14 bits per heavy atom. The van der Waals surface area contributed by atoms with E-state index in [9.17, 15) is 4.79 Å². The molecule has 1 fully saturated rings. The van der Waals surface area contributed by atoms with E-state index >= 15 is 0 Å². The summed E-state index contributed by atoms with van der Waals surface area (Å²) in [7, 11) is 1.76. The highest BCUT2D eigenvalue weighted by atomic mass is 16.2. The number of carbonyl (C=O) groups is 1. The summed E-state index contributed by atoms with van der Waals surface area (Å²) >= 11 is 0. The van der Waals surface area contributed by atoms with Crippen LogP contribution in [0.5, 0.6) is 0 Å². The van der Waals surface area contributed by atoms with Gasteiger partial charge in [0.05, 0.1) is 0 Å². The van der Waals surface area contributed by atoms with Gasteiger partial charge in [0.25, 0.3) is 5.91 Å². The first-order chi connectivity index (χ1) is 10.3. The van der Waals surface area contributed by atoms with Crippen LogP contribution in [0.1, 0.15) is 23.3 Å². The highest BCUT2D eigenvalue weighted by Gasteiger charge is 2.19. The molecule has 1 aromatic carbocycles. The van der Waals surface area contributed by atoms with Crippen molar-refractivity contribution in [2.75, 3.05) is 29.9 Å². The van der Waals surface area contributed by atoms with Crippen LogP contribution in [-0.2, 0) is 0 Å². The number of nitrogens with zero attached hydrogens (tertiary/aromatic N) is 4. The Bertz CT molecular complexity index is 623. The van der Waals surface area contributed by atoms with Crippen molar-refractivity contribution < 1.29 is 4.79 Å². The molecule has 1 saturated heterocycles. The molecule has 5 nitrogen and oxygen atoms in total. The van der Waals surface area contributed by atoms with Crippen LogP contribution in [0, 0.1) is 0 Å². The van der Waals surface area contributed by atoms with Gasteiger partial charge in [-0.15, -0.1) is 0 Å². The Balaban J connectivity index is 1.83. The maximum atomic E-state index is 12.5. The van der Waals surface area contributed by atoms with Gasteiger partial charge in [0, 0.05) is 32.0 Å². The molecule has 1 aliphatic heterocycles. The van der Waals surface area contributed by atoms with Crippen LogP contribution in [0.4, 0.5) is 11.6 Å². The molecule has 0 saturated carbocycles. The van der Waals surface area contributed by atoms with Crippen LogP contribution in [0.15, 0.2) is 42.6 Å². The quantitative estimate of drug-likeness (QED) is 0.867. The lowest BCUT2D eigenvalue weighted by Crippen LogP contribution is -2.28. The third-order valence-corrected chi connectivity index (χ3v) is 3.70. The summed E-state index contributed by atoms with van der Waals surface area (Å²) in [5.74, 6) is 0.531. The summed E-state index contributed by atoms with van der Waals surface area (Å²) in [5, 5.41) is 0. The fraction of sp³-hybridized carbons (Fsp3) is 0.312. The summed E-state index contributed by atoms with van der Waals surface area (Å²) in [6.45, 7) is 1.93. The number of aromatic nitrogens is 2. The molecule has 0 radical (unpaired) electrons. The van der Waals surface area contributed by atoms with Crippen LogP contribution in [0.3, 0.4) is 0 Å². The van der Waals surface area contributed by atoms with Crippen molar-refractivity contribution in [3.8, 4) is 0 Å². The van der Waals surface area contributed by atoms with Crippen molar-refractivity contribution in [1.29, 1.82) is 0 Å². The zero-order chi connectivity index (χ0) is 14.7. The summed E-state index contributed by atoms with van der Waals surface area (Å²) < 4.78 is 0. The van der Waals surface area contributed by atoms with Gasteiger partial charge in [-0.25, -0.2) is 9.97 Å². The second kappa shape index (κ2) is 5.91. The number of benzene rings is 1. The van der Waals surface area contributed by atoms with Gasteiger partial charge in [0.15, 0.2) is 0 Å². The molecule has 5 heteroatoms. The van der Waals surface area contributed by atoms with Crippen LogP contribution in [0.25, 0.3) is 0 Å². The van der Waals surface area contributed by atoms with Gasteiger partial charge < -0.3 is 9.80 Å². The lowest BCUT2D eigenvalue weighted by atomic mass is 10.2. The van der Waals surface area contributed by atoms with E-state index in [1.807, 2.05) is 30.3 Å². The first kappa shape index (κ1) is 13.5. The van der Waals surface area contributed by atoms with Gasteiger partial charge in [-0.1, -0.05) is 18.2 Å². The highest BCUT2D eigenvalue weighted by Crippen LogP contribution is 2.17. The second-order valence-electron chi connectivity index (χ2n) is 5.14. The Labute approximate surface area is 124 Å². The van der Waals surface area contributed by atoms with Crippen LogP contribution in [0.2, 0.25) is 0 Å². The molecule has 108 valence electrons. The van der Waals surface area contributed by atoms with Crippen molar-refractivity contribution in [2.45, 2.75) is 12.8 Å². The van der Waals surface area contributed by atoms with E-state index in [2.05, 4.69) is 14.9 Å². The molecular formula is C16H18N4O. The average molecular weight is 282 g/mol. The molecule has 0 aliphatic carbocycles. The van der Waals surface area contributed by atoms with Crippen molar-refractivity contribution in [3.05, 3.63) is 48.3 Å². The fourth-order valence-corrected chi connectivity index (χ4v) is 2.48. The number of carbonyl (C=O) groups excluding carboxylic acids is 1. The van der Waals surface area contributed by atoms with Crippen LogP contribution in [-0.4, -0.2) is 36.0 Å². The van der Waals surface area contributed by atoms with Crippen molar-refractivity contribution in [3.63, 3.8) is 0 Å². The SMILES string of the molecule is CN(C(=O)c1ccnc(N2CCCC2)n1)c1ccccc1. The molecule has 2 heterocycles. The maximum absolute atomic E-state index is 12.5. The summed E-state index contributed by atoms with van der Waals surface area (Å²) in [6.07, 6.45) is 3.98. The number of para-hydroxylation sites is 1. The lowest BCUT2D eigenvalue weighted by Gasteiger charge is -2.18. The molecule has 0 bridgehead atoms. The van der Waals surface area contributed by atoms with Gasteiger partial charge in [-0.05, 0) is 31.0 Å². The third kappa shape index (κ3) is 2.86. The second-order valence-corrected chi connectivity index (χ2v) is 5.14. The Hall–Kier alpha value is -2.43. The largest absolute Gasteiger partial charge is 0.341 e. The van der Waals surface area contributed by atoms with E-state index in [4.69, 9.17) is 0 Å². The number of amides is 1. The van der Waals surface area contributed by atoms with Crippen LogP contribution < -0.4 is 9.80 Å². The number of hydrogen-bond donors (Lipinski definition) is 0. The predicted octanol–water partition coefficient (Wildman–Crippen LogP) is 2.35. The number of hydrogen-bond acceptors (Lipinski definition) is 4. The lowest BCUT2D eigenvalue weighted by molar-refractivity contribution is 0.0988. The smallest absolute Gasteiger partial charge is 0.276 e. The molecule has 0 N–H and O–H groups in total. The Kier molecular flexibility index (Phi) is 3.81. The van der Waals surface area contributed by atoms with E-state index in [1.165, 1.54) is 0 Å². The van der Waals surface area contributed by atoms with Gasteiger partial charge in [0.1, 0.15) is 5.69 Å². The normalized spacial score (nSPS) is 14.2. The Morgan fingerprint density at radius 3 is 2.57 bits per heavy atom. The van der Waals surface area contributed by atoms with Gasteiger partial charge >= 0.3 is 0 Å². The molecule has 2 aromatic rings. The minimum Gasteiger partial charge on any atom is -0.341 e. The Morgan fingerprint density at radius 2 is 1.86 bits per heavy atom. The summed E-state index contributed by atoms with van der Waals surface area (Å²) in [5.41, 5.74) is 1.28. The topological polar surface area (TPSA) is 49.3 Å². The molecule has 3 rings (SSSR count). The van der Waals surface area contributed by atoms with Crippen LogP contribution >= 0.6 is 0 Å². The molecule has 21 heavy (non-hydrogen) atoms. The van der Waals surface area contributed by atoms with E-state index in [-0.39, 0.29) is 5.91 Å². The molecule has 1 amide bonds. The standard InChI is InChI=1S/C16H18N4O/c1-19(13-7-3-2-4-8-13)15(21)14-9-10-17-16(18-14)20-11-5-6-12-20/h2-4,7-10H,5-6,11-12H2,1H3. The predicted molar refractivity (Wildman–Crippen MR) is 82.7 cm³/mol. The van der Waals surface area contributed by atoms with E-state index in [0.29, 0.717) is 11.6 Å². The molecule has 1 aliphatic rings. The van der Waals surface area contributed by atoms with Crippen molar-refractivity contribution in [2.24, 2.45) is 0 Å². The zero-order valence-electron chi connectivity index (χ0n) is 12.1. The first-order valence-electron chi connectivity index (χ1n) is 7.17. The molecule has 0 atom stereocenters. The maximum Gasteiger partial charge on any atom is 0.276 e. The average Bonchev–Trinajstić information content (AvgIpc) is 3.09. The van der Waals surface area contributed by atoms with Gasteiger partial charge in [0.2, 0.25) is 5.95 Å². The van der Waals surface area contributed by atoms with Crippen molar-refractivity contribution in [1.82, 2.24) is 9.97 Å². The molecular weight excluding hydrogens is 264 g/mol. The summed E-state index contributed by atoms with van der Waals surface area (Å²) in [4.78, 5) is 25.0. The molecule has 1 aromatic heterocycles. The van der Waals surface area contributed by atoms with Crippen molar-refractivity contribution >= 4 is 17.5 Å². The minimum absolute atomic E-state index is 0.121. The third-order valence-electron chi connectivity index (χ3n) is 3.70. The fourth-order valence-electron chi connectivity index (χ4n) is 2.48. The number of rotatable bonds is 3. The molecule has 0 unspecified atom stereocenters. The minimum atomic E-state index is -0.121. The van der Waals surface area contributed by atoms with Gasteiger partial charge in [-0.2, -0.15) is 0 Å². The van der Waals surface area contributed by atoms with E-state index < -0.39 is 0 Å². The monoisotopic (exact) mass is 282 g/mol. The summed E-state index contributed by atoms with van der Waals surface area (Å²) in [6, 6.07) is 11.2. The van der Waals surface area contributed by atoms with E-state index in [0.717, 1.165) is 31.6 Å². The number of anilines is 2. The zero-order valence-corrected chi connectivity index (χ0v) is 12.1. The first-order valence-corrected chi connectivity index (χ1v) is 7.17. The van der Waals surface area contributed by atoms with E-state index in [1.54, 1.807) is 24.2 Å². The molecule has 0 spiro atoms. The highest BCUT2D eigenvalue weighted by molar-refractivity contribution is 6.04. The van der Waals surface area contributed by atoms with Gasteiger partial charge in [-0.3, -0.25) is 4.79 Å².